The number of aromatic nitrogens is 3. The normalized spacial score (nSPS) is 20.0. The highest BCUT2D eigenvalue weighted by Crippen LogP contribution is 2.32. The van der Waals surface area contributed by atoms with Crippen molar-refractivity contribution in [3.05, 3.63) is 47.5 Å². The Balaban J connectivity index is 1.77. The standard InChI is InChI=1S/C15H20N4/c1-12-9-14(17-18(12)2)11-19-8-4-6-15(19)13-5-3-7-16-10-13/h3,5,7,9-10,15H,4,6,8,11H2,1-2H3. The van der Waals surface area contributed by atoms with E-state index in [4.69, 9.17) is 0 Å². The van der Waals surface area contributed by atoms with Gasteiger partial charge in [-0.15, -0.1) is 0 Å². The Morgan fingerprint density at radius 1 is 1.42 bits per heavy atom. The molecule has 0 amide bonds. The van der Waals surface area contributed by atoms with E-state index in [2.05, 4.69) is 34.0 Å². The Morgan fingerprint density at radius 3 is 3.00 bits per heavy atom. The minimum Gasteiger partial charge on any atom is -0.290 e. The number of likely N-dealkylation sites (tertiary alicyclic amines) is 1. The summed E-state index contributed by atoms with van der Waals surface area (Å²) < 4.78 is 1.95. The Kier molecular flexibility index (Phi) is 3.34. The fourth-order valence-corrected chi connectivity index (χ4v) is 2.89. The largest absolute Gasteiger partial charge is 0.290 e. The van der Waals surface area contributed by atoms with Gasteiger partial charge in [0.05, 0.1) is 5.69 Å². The van der Waals surface area contributed by atoms with Crippen molar-refractivity contribution < 1.29 is 0 Å². The van der Waals surface area contributed by atoms with Crippen LogP contribution in [0.2, 0.25) is 0 Å². The summed E-state index contributed by atoms with van der Waals surface area (Å²) in [5, 5.41) is 4.56. The van der Waals surface area contributed by atoms with Crippen molar-refractivity contribution in [3.8, 4) is 0 Å². The molecular formula is C15H20N4. The van der Waals surface area contributed by atoms with Gasteiger partial charge in [-0.05, 0) is 44.0 Å². The van der Waals surface area contributed by atoms with Crippen LogP contribution in [0.15, 0.2) is 30.6 Å². The van der Waals surface area contributed by atoms with Crippen LogP contribution in [0.25, 0.3) is 0 Å². The molecule has 3 rings (SSSR count). The quantitative estimate of drug-likeness (QED) is 0.846. The number of aryl methyl sites for hydroxylation is 2. The van der Waals surface area contributed by atoms with Gasteiger partial charge in [-0.3, -0.25) is 14.6 Å². The second-order valence-electron chi connectivity index (χ2n) is 5.32. The molecule has 0 aromatic carbocycles. The van der Waals surface area contributed by atoms with Crippen molar-refractivity contribution in [3.63, 3.8) is 0 Å². The van der Waals surface area contributed by atoms with Crippen LogP contribution in [0.4, 0.5) is 0 Å². The second kappa shape index (κ2) is 5.13. The molecule has 100 valence electrons. The molecule has 1 aliphatic heterocycles. The topological polar surface area (TPSA) is 34.0 Å². The van der Waals surface area contributed by atoms with Crippen molar-refractivity contribution in [1.29, 1.82) is 0 Å². The van der Waals surface area contributed by atoms with Crippen LogP contribution >= 0.6 is 0 Å². The van der Waals surface area contributed by atoms with E-state index < -0.39 is 0 Å². The maximum Gasteiger partial charge on any atom is 0.0767 e. The lowest BCUT2D eigenvalue weighted by Crippen LogP contribution is -2.23. The van der Waals surface area contributed by atoms with Gasteiger partial charge in [0.25, 0.3) is 0 Å². The van der Waals surface area contributed by atoms with Gasteiger partial charge in [0, 0.05) is 37.7 Å². The summed E-state index contributed by atoms with van der Waals surface area (Å²) in [6.45, 7) is 4.18. The third-order valence-corrected chi connectivity index (χ3v) is 3.96. The fourth-order valence-electron chi connectivity index (χ4n) is 2.89. The third kappa shape index (κ3) is 2.54. The highest BCUT2D eigenvalue weighted by molar-refractivity contribution is 5.16. The Labute approximate surface area is 114 Å². The monoisotopic (exact) mass is 256 g/mol. The van der Waals surface area contributed by atoms with E-state index in [0.717, 1.165) is 18.8 Å². The third-order valence-electron chi connectivity index (χ3n) is 3.96. The van der Waals surface area contributed by atoms with E-state index >= 15 is 0 Å². The average molecular weight is 256 g/mol. The van der Waals surface area contributed by atoms with E-state index in [1.807, 2.05) is 30.2 Å². The Bertz CT molecular complexity index is 527. The SMILES string of the molecule is Cc1cc(CN2CCCC2c2cccnc2)nn1C. The Morgan fingerprint density at radius 2 is 2.32 bits per heavy atom. The van der Waals surface area contributed by atoms with E-state index in [1.54, 1.807) is 0 Å². The van der Waals surface area contributed by atoms with Crippen LogP contribution in [0, 0.1) is 6.92 Å². The molecule has 1 atom stereocenters. The van der Waals surface area contributed by atoms with Gasteiger partial charge in [0.15, 0.2) is 0 Å². The molecule has 0 spiro atoms. The average Bonchev–Trinajstić information content (AvgIpc) is 2.99. The van der Waals surface area contributed by atoms with E-state index in [0.29, 0.717) is 6.04 Å². The lowest BCUT2D eigenvalue weighted by molar-refractivity contribution is 0.244. The zero-order valence-electron chi connectivity index (χ0n) is 11.6. The molecular weight excluding hydrogens is 236 g/mol. The van der Waals surface area contributed by atoms with Crippen LogP contribution in [0.1, 0.15) is 35.8 Å². The predicted molar refractivity (Wildman–Crippen MR) is 74.6 cm³/mol. The van der Waals surface area contributed by atoms with E-state index in [9.17, 15) is 0 Å². The first kappa shape index (κ1) is 12.4. The van der Waals surface area contributed by atoms with Crippen molar-refractivity contribution in [2.75, 3.05) is 6.54 Å². The van der Waals surface area contributed by atoms with Crippen LogP contribution in [0.3, 0.4) is 0 Å². The van der Waals surface area contributed by atoms with Crippen LogP contribution < -0.4 is 0 Å². The van der Waals surface area contributed by atoms with Gasteiger partial charge in [0.2, 0.25) is 0 Å². The molecule has 0 bridgehead atoms. The van der Waals surface area contributed by atoms with Gasteiger partial charge >= 0.3 is 0 Å². The van der Waals surface area contributed by atoms with Crippen LogP contribution in [0.5, 0.6) is 0 Å². The lowest BCUT2D eigenvalue weighted by atomic mass is 10.1. The Hall–Kier alpha value is -1.68. The summed E-state index contributed by atoms with van der Waals surface area (Å²) in [7, 11) is 2.00. The van der Waals surface area contributed by atoms with Crippen LogP contribution in [-0.2, 0) is 13.6 Å². The molecule has 1 saturated heterocycles. The molecule has 2 aromatic heterocycles. The molecule has 0 aliphatic carbocycles. The summed E-state index contributed by atoms with van der Waals surface area (Å²) in [5.41, 5.74) is 3.70. The predicted octanol–water partition coefficient (Wildman–Crippen LogP) is 2.46. The number of nitrogens with zero attached hydrogens (tertiary/aromatic N) is 4. The molecule has 0 radical (unpaired) electrons. The summed E-state index contributed by atoms with van der Waals surface area (Å²) in [5.74, 6) is 0. The first-order chi connectivity index (χ1) is 9.24. The number of pyridine rings is 1. The summed E-state index contributed by atoms with van der Waals surface area (Å²) in [6, 6.07) is 6.88. The molecule has 4 nitrogen and oxygen atoms in total. The maximum absolute atomic E-state index is 4.56. The van der Waals surface area contributed by atoms with Crippen LogP contribution in [-0.4, -0.2) is 26.2 Å². The highest BCUT2D eigenvalue weighted by atomic mass is 15.3. The first-order valence-electron chi connectivity index (χ1n) is 6.87. The molecule has 0 N–H and O–H groups in total. The minimum atomic E-state index is 0.496. The van der Waals surface area contributed by atoms with E-state index in [-0.39, 0.29) is 0 Å². The number of rotatable bonds is 3. The first-order valence-corrected chi connectivity index (χ1v) is 6.87. The molecule has 0 saturated carbocycles. The molecule has 2 aromatic rings. The molecule has 19 heavy (non-hydrogen) atoms. The summed E-state index contributed by atoms with van der Waals surface area (Å²) in [4.78, 5) is 6.76. The second-order valence-corrected chi connectivity index (χ2v) is 5.32. The van der Waals surface area contributed by atoms with Crippen molar-refractivity contribution in [2.24, 2.45) is 7.05 Å². The van der Waals surface area contributed by atoms with Crippen molar-refractivity contribution >= 4 is 0 Å². The van der Waals surface area contributed by atoms with Gasteiger partial charge in [-0.1, -0.05) is 6.07 Å². The minimum absolute atomic E-state index is 0.496. The van der Waals surface area contributed by atoms with E-state index in [1.165, 1.54) is 24.1 Å². The molecule has 4 heteroatoms. The molecule has 1 unspecified atom stereocenters. The van der Waals surface area contributed by atoms with Gasteiger partial charge in [-0.25, -0.2) is 0 Å². The molecule has 1 fully saturated rings. The molecule has 3 heterocycles. The number of hydrogen-bond acceptors (Lipinski definition) is 3. The van der Waals surface area contributed by atoms with Gasteiger partial charge in [-0.2, -0.15) is 5.10 Å². The summed E-state index contributed by atoms with van der Waals surface area (Å²) >= 11 is 0. The van der Waals surface area contributed by atoms with Gasteiger partial charge in [0.1, 0.15) is 0 Å². The zero-order chi connectivity index (χ0) is 13.2. The highest BCUT2D eigenvalue weighted by Gasteiger charge is 2.26. The van der Waals surface area contributed by atoms with Gasteiger partial charge < -0.3 is 0 Å². The van der Waals surface area contributed by atoms with Crippen molar-refractivity contribution in [1.82, 2.24) is 19.7 Å². The maximum atomic E-state index is 4.56. The van der Waals surface area contributed by atoms with Crippen molar-refractivity contribution in [2.45, 2.75) is 32.4 Å². The molecule has 1 aliphatic rings. The fraction of sp³-hybridized carbons (Fsp3) is 0.467. The smallest absolute Gasteiger partial charge is 0.0767 e. The lowest BCUT2D eigenvalue weighted by Gasteiger charge is -2.23. The summed E-state index contributed by atoms with van der Waals surface area (Å²) in [6.07, 6.45) is 6.31. The number of hydrogen-bond donors (Lipinski definition) is 0. The zero-order valence-corrected chi connectivity index (χ0v) is 11.6.